The van der Waals surface area contributed by atoms with Crippen LogP contribution < -0.4 is 15.4 Å². The highest BCUT2D eigenvalue weighted by Crippen LogP contribution is 2.26. The van der Waals surface area contributed by atoms with Crippen molar-refractivity contribution in [1.82, 2.24) is 0 Å². The molecule has 43 heavy (non-hydrogen) atoms. The molecule has 222 valence electrons. The van der Waals surface area contributed by atoms with E-state index in [1.807, 2.05) is 49.4 Å². The van der Waals surface area contributed by atoms with Gasteiger partial charge in [0.2, 0.25) is 5.91 Å². The number of unbranched alkanes of at least 4 members (excludes halogenated alkanes) is 1. The molecule has 4 aromatic rings. The first-order valence-electron chi connectivity index (χ1n) is 14.2. The van der Waals surface area contributed by atoms with E-state index >= 15 is 0 Å². The monoisotopic (exact) mass is 582 g/mol. The van der Waals surface area contributed by atoms with Crippen molar-refractivity contribution >= 4 is 45.9 Å². The summed E-state index contributed by atoms with van der Waals surface area (Å²) in [6.45, 7) is 1.91. The molecule has 0 bridgehead atoms. The maximum absolute atomic E-state index is 12.3. The number of anilines is 2. The normalized spacial score (nSPS) is 10.5. The average Bonchev–Trinajstić information content (AvgIpc) is 3.01. The number of carbonyl (C=O) groups excluding carboxylic acids is 4. The summed E-state index contributed by atoms with van der Waals surface area (Å²) in [4.78, 5) is 48.4. The number of rotatable bonds is 14. The van der Waals surface area contributed by atoms with Gasteiger partial charge in [-0.2, -0.15) is 0 Å². The molecule has 9 heteroatoms. The Morgan fingerprint density at radius 2 is 1.30 bits per heavy atom. The van der Waals surface area contributed by atoms with Crippen LogP contribution in [0.1, 0.15) is 49.4 Å². The van der Waals surface area contributed by atoms with Crippen molar-refractivity contribution in [2.75, 3.05) is 23.8 Å². The number of benzene rings is 4. The molecular formula is C34H34N2O7. The minimum absolute atomic E-state index is 0.00588. The molecule has 4 aromatic carbocycles. The van der Waals surface area contributed by atoms with Gasteiger partial charge in [-0.15, -0.1) is 0 Å². The van der Waals surface area contributed by atoms with E-state index in [9.17, 15) is 19.2 Å². The molecule has 0 aliphatic carbocycles. The zero-order valence-electron chi connectivity index (χ0n) is 24.0. The number of ether oxygens (including phenoxy) is 3. The van der Waals surface area contributed by atoms with E-state index in [2.05, 4.69) is 10.6 Å². The Bertz CT molecular complexity index is 1550. The SMILES string of the molecule is CCCCOC(=O)c1ccc(NC(=O)COC(=O)CCCC(=O)Nc2ccc(Oc3ccc4ccccc4c3)cc2)cc1. The van der Waals surface area contributed by atoms with E-state index in [0.717, 1.165) is 29.4 Å². The average molecular weight is 583 g/mol. The summed E-state index contributed by atoms with van der Waals surface area (Å²) in [6, 6.07) is 27.2. The maximum atomic E-state index is 12.3. The molecule has 0 atom stereocenters. The predicted molar refractivity (Wildman–Crippen MR) is 164 cm³/mol. The summed E-state index contributed by atoms with van der Waals surface area (Å²) in [6.07, 6.45) is 2.10. The van der Waals surface area contributed by atoms with Crippen LogP contribution in [-0.4, -0.2) is 37.0 Å². The minimum Gasteiger partial charge on any atom is -0.462 e. The third kappa shape index (κ3) is 10.00. The first kappa shape index (κ1) is 30.8. The van der Waals surface area contributed by atoms with E-state index in [1.165, 1.54) is 0 Å². The second kappa shape index (κ2) is 15.7. The number of fused-ring (bicyclic) bond motifs is 1. The fourth-order valence-electron chi connectivity index (χ4n) is 4.09. The van der Waals surface area contributed by atoms with Crippen LogP contribution in [-0.2, 0) is 23.9 Å². The van der Waals surface area contributed by atoms with Gasteiger partial charge in [-0.05, 0) is 84.3 Å². The molecule has 2 N–H and O–H groups in total. The lowest BCUT2D eigenvalue weighted by Gasteiger charge is -2.09. The molecule has 0 unspecified atom stereocenters. The van der Waals surface area contributed by atoms with Crippen LogP contribution in [0.2, 0.25) is 0 Å². The number of amides is 2. The lowest BCUT2D eigenvalue weighted by atomic mass is 10.1. The standard InChI is InChI=1S/C34H34N2O7/c1-2-3-21-41-34(40)25-11-14-27(15-12-25)36-32(38)23-42-33(39)10-6-9-31(37)35-28-16-19-29(20-17-28)43-30-18-13-24-7-4-5-8-26(24)22-30/h4-5,7-8,11-20,22H,2-3,6,9-10,21,23H2,1H3,(H,35,37)(H,36,38). The Morgan fingerprint density at radius 1 is 0.651 bits per heavy atom. The van der Waals surface area contributed by atoms with Crippen molar-refractivity contribution in [1.29, 1.82) is 0 Å². The number of esters is 2. The Hall–Kier alpha value is -5.18. The van der Waals surface area contributed by atoms with Crippen LogP contribution in [0.15, 0.2) is 91.0 Å². The fraction of sp³-hybridized carbons (Fsp3) is 0.235. The summed E-state index contributed by atoms with van der Waals surface area (Å²) < 4.78 is 16.1. The second-order valence-electron chi connectivity index (χ2n) is 9.81. The van der Waals surface area contributed by atoms with Crippen molar-refractivity contribution in [2.24, 2.45) is 0 Å². The van der Waals surface area contributed by atoms with Gasteiger partial charge in [-0.3, -0.25) is 14.4 Å². The molecule has 0 saturated heterocycles. The molecule has 9 nitrogen and oxygen atoms in total. The number of nitrogens with one attached hydrogen (secondary N) is 2. The maximum Gasteiger partial charge on any atom is 0.338 e. The van der Waals surface area contributed by atoms with E-state index < -0.39 is 24.5 Å². The molecule has 0 heterocycles. The highest BCUT2D eigenvalue weighted by atomic mass is 16.5. The second-order valence-corrected chi connectivity index (χ2v) is 9.81. The van der Waals surface area contributed by atoms with Gasteiger partial charge >= 0.3 is 11.9 Å². The van der Waals surface area contributed by atoms with Crippen LogP contribution in [0.3, 0.4) is 0 Å². The quantitative estimate of drug-likeness (QED) is 0.123. The summed E-state index contributed by atoms with van der Waals surface area (Å²) in [5, 5.41) is 7.61. The smallest absolute Gasteiger partial charge is 0.338 e. The molecule has 0 spiro atoms. The Labute approximate surface area is 250 Å². The highest BCUT2D eigenvalue weighted by molar-refractivity contribution is 5.94. The van der Waals surface area contributed by atoms with Crippen LogP contribution in [0.5, 0.6) is 11.5 Å². The molecule has 0 fully saturated rings. The summed E-state index contributed by atoms with van der Waals surface area (Å²) in [5.41, 5.74) is 1.44. The van der Waals surface area contributed by atoms with E-state index in [1.54, 1.807) is 48.5 Å². The molecule has 0 aromatic heterocycles. The van der Waals surface area contributed by atoms with Crippen molar-refractivity contribution in [3.63, 3.8) is 0 Å². The van der Waals surface area contributed by atoms with Gasteiger partial charge in [0.15, 0.2) is 6.61 Å². The third-order valence-electron chi connectivity index (χ3n) is 6.38. The van der Waals surface area contributed by atoms with Gasteiger partial charge in [-0.25, -0.2) is 4.79 Å². The number of carbonyl (C=O) groups is 4. The molecule has 0 aliphatic rings. The molecule has 0 radical (unpaired) electrons. The first-order chi connectivity index (χ1) is 20.9. The Balaban J connectivity index is 1.11. The van der Waals surface area contributed by atoms with E-state index in [0.29, 0.717) is 29.3 Å². The fourth-order valence-corrected chi connectivity index (χ4v) is 4.09. The van der Waals surface area contributed by atoms with Crippen LogP contribution in [0, 0.1) is 0 Å². The summed E-state index contributed by atoms with van der Waals surface area (Å²) in [7, 11) is 0. The van der Waals surface area contributed by atoms with E-state index in [-0.39, 0.29) is 25.2 Å². The van der Waals surface area contributed by atoms with Crippen LogP contribution in [0.4, 0.5) is 11.4 Å². The van der Waals surface area contributed by atoms with Gasteiger partial charge in [0.1, 0.15) is 11.5 Å². The van der Waals surface area contributed by atoms with E-state index in [4.69, 9.17) is 14.2 Å². The molecule has 4 rings (SSSR count). The van der Waals surface area contributed by atoms with Gasteiger partial charge in [0.25, 0.3) is 5.91 Å². The summed E-state index contributed by atoms with van der Waals surface area (Å²) in [5.74, 6) is -0.406. The zero-order valence-corrected chi connectivity index (χ0v) is 24.0. The van der Waals surface area contributed by atoms with Crippen molar-refractivity contribution in [3.8, 4) is 11.5 Å². The van der Waals surface area contributed by atoms with Crippen molar-refractivity contribution < 1.29 is 33.4 Å². The topological polar surface area (TPSA) is 120 Å². The van der Waals surface area contributed by atoms with Gasteiger partial charge < -0.3 is 24.8 Å². The minimum atomic E-state index is -0.580. The Kier molecular flexibility index (Phi) is 11.2. The lowest BCUT2D eigenvalue weighted by molar-refractivity contribution is -0.147. The molecule has 0 aliphatic heterocycles. The third-order valence-corrected chi connectivity index (χ3v) is 6.38. The predicted octanol–water partition coefficient (Wildman–Crippen LogP) is 6.88. The number of hydrogen-bond acceptors (Lipinski definition) is 7. The lowest BCUT2D eigenvalue weighted by Crippen LogP contribution is -2.21. The van der Waals surface area contributed by atoms with Gasteiger partial charge in [0, 0.05) is 24.2 Å². The van der Waals surface area contributed by atoms with Crippen LogP contribution in [0.25, 0.3) is 10.8 Å². The molecular weight excluding hydrogens is 548 g/mol. The van der Waals surface area contributed by atoms with Gasteiger partial charge in [-0.1, -0.05) is 43.7 Å². The first-order valence-corrected chi connectivity index (χ1v) is 14.2. The van der Waals surface area contributed by atoms with Gasteiger partial charge in [0.05, 0.1) is 12.2 Å². The molecule has 0 saturated carbocycles. The molecule has 2 amide bonds. The van der Waals surface area contributed by atoms with Crippen LogP contribution >= 0.6 is 0 Å². The number of hydrogen-bond donors (Lipinski definition) is 2. The summed E-state index contributed by atoms with van der Waals surface area (Å²) >= 11 is 0. The largest absolute Gasteiger partial charge is 0.462 e. The van der Waals surface area contributed by atoms with Crippen molar-refractivity contribution in [3.05, 3.63) is 96.6 Å². The highest BCUT2D eigenvalue weighted by Gasteiger charge is 2.11. The van der Waals surface area contributed by atoms with Crippen molar-refractivity contribution in [2.45, 2.75) is 39.0 Å². The Morgan fingerprint density at radius 3 is 2.02 bits per heavy atom. The zero-order chi connectivity index (χ0) is 30.4.